The molecule has 0 aliphatic carbocycles. The van der Waals surface area contributed by atoms with E-state index in [0.717, 1.165) is 0 Å². The third-order valence-corrected chi connectivity index (χ3v) is 4.21. The van der Waals surface area contributed by atoms with Crippen LogP contribution >= 0.6 is 11.8 Å². The molecule has 8 heteroatoms. The number of carboxylic acid groups (broad SMARTS) is 1. The summed E-state index contributed by atoms with van der Waals surface area (Å²) in [4.78, 5) is 37.9. The number of furan rings is 1. The largest absolute Gasteiger partial charge is 0.480 e. The molecule has 0 aromatic carbocycles. The molecule has 1 unspecified atom stereocenters. The number of amides is 2. The summed E-state index contributed by atoms with van der Waals surface area (Å²) in [6.07, 6.45) is 1.38. The molecule has 2 amide bonds. The molecule has 0 saturated carbocycles. The number of carboxylic acids is 1. The number of nitrogens with zero attached hydrogens (tertiary/aromatic N) is 2. The lowest BCUT2D eigenvalue weighted by atomic mass is 10.2. The fourth-order valence-electron chi connectivity index (χ4n) is 2.06. The SMILES string of the molecule is CN(CC(=O)N1CCSCC1C(=O)O)C(=O)c1ccco1. The summed E-state index contributed by atoms with van der Waals surface area (Å²) in [7, 11) is 1.48. The van der Waals surface area contributed by atoms with Crippen LogP contribution in [-0.2, 0) is 9.59 Å². The molecular formula is C13H16N2O5S. The average Bonchev–Trinajstić information content (AvgIpc) is 3.00. The summed E-state index contributed by atoms with van der Waals surface area (Å²) >= 11 is 1.51. The van der Waals surface area contributed by atoms with E-state index < -0.39 is 17.9 Å². The molecule has 0 bridgehead atoms. The summed E-state index contributed by atoms with van der Waals surface area (Å²) in [6, 6.07) is 2.27. The van der Waals surface area contributed by atoms with E-state index in [1.807, 2.05) is 0 Å². The first-order valence-corrected chi connectivity index (χ1v) is 7.55. The highest BCUT2D eigenvalue weighted by molar-refractivity contribution is 7.99. The van der Waals surface area contributed by atoms with Gasteiger partial charge in [0.1, 0.15) is 6.04 Å². The molecule has 1 saturated heterocycles. The van der Waals surface area contributed by atoms with Crippen LogP contribution in [0.5, 0.6) is 0 Å². The van der Waals surface area contributed by atoms with Crippen molar-refractivity contribution >= 4 is 29.5 Å². The fourth-order valence-corrected chi connectivity index (χ4v) is 3.10. The third-order valence-electron chi connectivity index (χ3n) is 3.18. The van der Waals surface area contributed by atoms with E-state index in [-0.39, 0.29) is 18.2 Å². The molecule has 21 heavy (non-hydrogen) atoms. The van der Waals surface area contributed by atoms with Crippen LogP contribution in [-0.4, -0.2) is 70.4 Å². The van der Waals surface area contributed by atoms with Gasteiger partial charge in [0.25, 0.3) is 5.91 Å². The van der Waals surface area contributed by atoms with Crippen molar-refractivity contribution in [1.29, 1.82) is 0 Å². The van der Waals surface area contributed by atoms with E-state index in [9.17, 15) is 14.4 Å². The number of aliphatic carboxylic acids is 1. The van der Waals surface area contributed by atoms with Crippen molar-refractivity contribution < 1.29 is 23.9 Å². The van der Waals surface area contributed by atoms with Crippen LogP contribution < -0.4 is 0 Å². The predicted octanol–water partition coefficient (Wildman–Crippen LogP) is 0.380. The van der Waals surface area contributed by atoms with Crippen LogP contribution in [0.1, 0.15) is 10.6 Å². The summed E-state index contributed by atoms with van der Waals surface area (Å²) in [6.45, 7) is 0.206. The van der Waals surface area contributed by atoms with Crippen molar-refractivity contribution in [2.45, 2.75) is 6.04 Å². The molecule has 1 atom stereocenters. The molecule has 1 fully saturated rings. The zero-order valence-corrected chi connectivity index (χ0v) is 12.3. The molecule has 1 aromatic rings. The molecule has 2 rings (SSSR count). The van der Waals surface area contributed by atoms with Crippen LogP contribution in [0, 0.1) is 0 Å². The molecule has 1 aromatic heterocycles. The fraction of sp³-hybridized carbons (Fsp3) is 0.462. The Morgan fingerprint density at radius 2 is 2.29 bits per heavy atom. The first-order valence-electron chi connectivity index (χ1n) is 6.39. The standard InChI is InChI=1S/C13H16N2O5S/c1-14(12(17)10-3-2-5-20-10)7-11(16)15-4-6-21-8-9(15)13(18)19/h2-3,5,9H,4,6-8H2,1H3,(H,18,19). The highest BCUT2D eigenvalue weighted by atomic mass is 32.2. The Labute approximate surface area is 125 Å². The lowest BCUT2D eigenvalue weighted by Gasteiger charge is -2.33. The number of thioether (sulfide) groups is 1. The van der Waals surface area contributed by atoms with Gasteiger partial charge in [-0.05, 0) is 12.1 Å². The molecule has 7 nitrogen and oxygen atoms in total. The molecule has 1 aliphatic rings. The summed E-state index contributed by atoms with van der Waals surface area (Å²) in [5.41, 5.74) is 0. The van der Waals surface area contributed by atoms with Crippen molar-refractivity contribution in [2.24, 2.45) is 0 Å². The van der Waals surface area contributed by atoms with Crippen LogP contribution in [0.2, 0.25) is 0 Å². The van der Waals surface area contributed by atoms with Gasteiger partial charge >= 0.3 is 5.97 Å². The minimum absolute atomic E-state index is 0.147. The first-order chi connectivity index (χ1) is 10.0. The maximum absolute atomic E-state index is 12.2. The Bertz CT molecular complexity index is 531. The van der Waals surface area contributed by atoms with E-state index in [4.69, 9.17) is 9.52 Å². The van der Waals surface area contributed by atoms with Gasteiger partial charge < -0.3 is 19.3 Å². The van der Waals surface area contributed by atoms with Crippen LogP contribution in [0.15, 0.2) is 22.8 Å². The maximum Gasteiger partial charge on any atom is 0.327 e. The summed E-state index contributed by atoms with van der Waals surface area (Å²) < 4.78 is 4.99. The van der Waals surface area contributed by atoms with Gasteiger partial charge in [-0.2, -0.15) is 11.8 Å². The molecule has 114 valence electrons. The monoisotopic (exact) mass is 312 g/mol. The minimum atomic E-state index is -1.02. The Morgan fingerprint density at radius 1 is 1.52 bits per heavy atom. The van der Waals surface area contributed by atoms with Gasteiger partial charge in [-0.25, -0.2) is 4.79 Å². The van der Waals surface area contributed by atoms with Crippen LogP contribution in [0.3, 0.4) is 0 Å². The quantitative estimate of drug-likeness (QED) is 0.864. The van der Waals surface area contributed by atoms with E-state index in [1.54, 1.807) is 6.07 Å². The third kappa shape index (κ3) is 3.57. The topological polar surface area (TPSA) is 91.1 Å². The molecule has 1 aliphatic heterocycles. The van der Waals surface area contributed by atoms with Gasteiger partial charge in [0, 0.05) is 25.1 Å². The smallest absolute Gasteiger partial charge is 0.327 e. The zero-order chi connectivity index (χ0) is 15.4. The first kappa shape index (κ1) is 15.4. The molecule has 2 heterocycles. The van der Waals surface area contributed by atoms with Crippen molar-refractivity contribution in [3.05, 3.63) is 24.2 Å². The van der Waals surface area contributed by atoms with Crippen LogP contribution in [0.25, 0.3) is 0 Å². The van der Waals surface area contributed by atoms with Crippen molar-refractivity contribution in [3.63, 3.8) is 0 Å². The number of rotatable bonds is 4. The van der Waals surface area contributed by atoms with E-state index in [0.29, 0.717) is 18.1 Å². The Morgan fingerprint density at radius 3 is 2.90 bits per heavy atom. The number of carbonyl (C=O) groups excluding carboxylic acids is 2. The minimum Gasteiger partial charge on any atom is -0.480 e. The van der Waals surface area contributed by atoms with Gasteiger partial charge in [0.2, 0.25) is 5.91 Å². The van der Waals surface area contributed by atoms with E-state index in [2.05, 4.69) is 0 Å². The lowest BCUT2D eigenvalue weighted by Crippen LogP contribution is -2.53. The number of hydrogen-bond acceptors (Lipinski definition) is 5. The van der Waals surface area contributed by atoms with E-state index in [1.165, 1.54) is 40.9 Å². The van der Waals surface area contributed by atoms with Gasteiger partial charge in [-0.3, -0.25) is 9.59 Å². The van der Waals surface area contributed by atoms with Gasteiger partial charge in [0.05, 0.1) is 12.8 Å². The Balaban J connectivity index is 1.99. The second-order valence-electron chi connectivity index (χ2n) is 4.65. The number of hydrogen-bond donors (Lipinski definition) is 1. The van der Waals surface area contributed by atoms with Crippen LogP contribution in [0.4, 0.5) is 0 Å². The zero-order valence-electron chi connectivity index (χ0n) is 11.5. The van der Waals surface area contributed by atoms with Crippen molar-refractivity contribution in [2.75, 3.05) is 31.6 Å². The number of carbonyl (C=O) groups is 3. The van der Waals surface area contributed by atoms with Crippen molar-refractivity contribution in [1.82, 2.24) is 9.80 Å². The van der Waals surface area contributed by atoms with E-state index >= 15 is 0 Å². The Hall–Kier alpha value is -1.96. The summed E-state index contributed by atoms with van der Waals surface area (Å²) in [5, 5.41) is 9.15. The van der Waals surface area contributed by atoms with Gasteiger partial charge in [-0.1, -0.05) is 0 Å². The highest BCUT2D eigenvalue weighted by Crippen LogP contribution is 2.17. The molecular weight excluding hydrogens is 296 g/mol. The average molecular weight is 312 g/mol. The lowest BCUT2D eigenvalue weighted by molar-refractivity contribution is -0.149. The normalized spacial score (nSPS) is 18.3. The molecule has 1 N–H and O–H groups in total. The van der Waals surface area contributed by atoms with Crippen molar-refractivity contribution in [3.8, 4) is 0 Å². The van der Waals surface area contributed by atoms with Gasteiger partial charge in [0.15, 0.2) is 5.76 Å². The number of likely N-dealkylation sites (N-methyl/N-ethyl adjacent to an activating group) is 1. The second kappa shape index (κ2) is 6.66. The molecule has 0 radical (unpaired) electrons. The second-order valence-corrected chi connectivity index (χ2v) is 5.80. The molecule has 0 spiro atoms. The maximum atomic E-state index is 12.2. The highest BCUT2D eigenvalue weighted by Gasteiger charge is 2.33. The summed E-state index contributed by atoms with van der Waals surface area (Å²) in [5.74, 6) is -0.580. The predicted molar refractivity (Wildman–Crippen MR) is 76.1 cm³/mol. The Kier molecular flexibility index (Phi) is 4.89. The van der Waals surface area contributed by atoms with Gasteiger partial charge in [-0.15, -0.1) is 0 Å².